The Labute approximate surface area is 108 Å². The minimum absolute atomic E-state index is 0.0286. The maximum absolute atomic E-state index is 11.4. The van der Waals surface area contributed by atoms with Gasteiger partial charge in [0.15, 0.2) is 0 Å². The molecule has 1 fully saturated rings. The Balaban J connectivity index is 2.43. The first-order valence-corrected chi connectivity index (χ1v) is 6.63. The predicted molar refractivity (Wildman–Crippen MR) is 70.0 cm³/mol. The van der Waals surface area contributed by atoms with Crippen molar-refractivity contribution in [1.29, 1.82) is 0 Å². The molecule has 4 N–H and O–H groups in total. The van der Waals surface area contributed by atoms with E-state index in [0.29, 0.717) is 25.6 Å². The molecule has 0 aromatic rings. The van der Waals surface area contributed by atoms with E-state index in [4.69, 9.17) is 5.73 Å². The molecule has 1 rings (SSSR count). The molecule has 0 unspecified atom stereocenters. The second-order valence-corrected chi connectivity index (χ2v) is 4.62. The summed E-state index contributed by atoms with van der Waals surface area (Å²) < 4.78 is 0. The number of hydrogen-bond acceptors (Lipinski definition) is 4. The molecule has 2 amide bonds. The number of amides is 2. The van der Waals surface area contributed by atoms with E-state index in [1.807, 2.05) is 11.8 Å². The van der Waals surface area contributed by atoms with Crippen molar-refractivity contribution < 1.29 is 9.59 Å². The molecule has 0 radical (unpaired) electrons. The molecule has 1 aliphatic heterocycles. The van der Waals surface area contributed by atoms with Crippen molar-refractivity contribution in [2.75, 3.05) is 32.7 Å². The second kappa shape index (κ2) is 8.05. The monoisotopic (exact) mass is 256 g/mol. The maximum Gasteiger partial charge on any atom is 0.231 e. The summed E-state index contributed by atoms with van der Waals surface area (Å²) in [4.78, 5) is 24.6. The van der Waals surface area contributed by atoms with Crippen LogP contribution in [0.15, 0.2) is 0 Å². The van der Waals surface area contributed by atoms with Gasteiger partial charge in [0.25, 0.3) is 0 Å². The Kier molecular flexibility index (Phi) is 6.67. The Bertz CT molecular complexity index is 277. The lowest BCUT2D eigenvalue weighted by atomic mass is 10.0. The Morgan fingerprint density at radius 3 is 2.61 bits per heavy atom. The van der Waals surface area contributed by atoms with Crippen LogP contribution in [0.3, 0.4) is 0 Å². The zero-order chi connectivity index (χ0) is 13.4. The standard InChI is InChI=1S/C12H24N4O2/c1-2-15-12(18)5-8-16(9-11(13)17)10-3-6-14-7-4-10/h10,14H,2-9H2,1H3,(H2,13,17)(H,15,18). The molecule has 6 nitrogen and oxygen atoms in total. The van der Waals surface area contributed by atoms with Crippen LogP contribution in [0.25, 0.3) is 0 Å². The minimum Gasteiger partial charge on any atom is -0.369 e. The number of primary amides is 1. The molecular formula is C12H24N4O2. The summed E-state index contributed by atoms with van der Waals surface area (Å²) in [6.07, 6.45) is 2.43. The van der Waals surface area contributed by atoms with Gasteiger partial charge in [0, 0.05) is 25.6 Å². The molecule has 0 spiro atoms. The highest BCUT2D eigenvalue weighted by Gasteiger charge is 2.22. The summed E-state index contributed by atoms with van der Waals surface area (Å²) in [6.45, 7) is 5.29. The second-order valence-electron chi connectivity index (χ2n) is 4.62. The SMILES string of the molecule is CCNC(=O)CCN(CC(N)=O)C1CCNCC1. The average Bonchev–Trinajstić information content (AvgIpc) is 2.35. The number of carbonyl (C=O) groups is 2. The molecule has 6 heteroatoms. The van der Waals surface area contributed by atoms with Crippen LogP contribution in [0.5, 0.6) is 0 Å². The van der Waals surface area contributed by atoms with Crippen LogP contribution in [0.1, 0.15) is 26.2 Å². The van der Waals surface area contributed by atoms with Gasteiger partial charge in [-0.15, -0.1) is 0 Å². The van der Waals surface area contributed by atoms with E-state index in [1.165, 1.54) is 0 Å². The highest BCUT2D eigenvalue weighted by molar-refractivity contribution is 5.77. The van der Waals surface area contributed by atoms with Gasteiger partial charge in [-0.25, -0.2) is 0 Å². The molecule has 1 saturated heterocycles. The average molecular weight is 256 g/mol. The van der Waals surface area contributed by atoms with Crippen LogP contribution >= 0.6 is 0 Å². The van der Waals surface area contributed by atoms with Crippen LogP contribution in [-0.4, -0.2) is 55.5 Å². The fourth-order valence-electron chi connectivity index (χ4n) is 2.29. The Morgan fingerprint density at radius 1 is 1.39 bits per heavy atom. The molecule has 0 bridgehead atoms. The highest BCUT2D eigenvalue weighted by atomic mass is 16.2. The lowest BCUT2D eigenvalue weighted by Gasteiger charge is -2.33. The molecule has 104 valence electrons. The molecule has 0 aliphatic carbocycles. The van der Waals surface area contributed by atoms with Gasteiger partial charge in [0.05, 0.1) is 6.54 Å². The van der Waals surface area contributed by atoms with Gasteiger partial charge in [0.2, 0.25) is 11.8 Å². The van der Waals surface area contributed by atoms with Gasteiger partial charge in [-0.2, -0.15) is 0 Å². The third-order valence-corrected chi connectivity index (χ3v) is 3.18. The number of piperidine rings is 1. The smallest absolute Gasteiger partial charge is 0.231 e. The van der Waals surface area contributed by atoms with E-state index in [2.05, 4.69) is 10.6 Å². The van der Waals surface area contributed by atoms with Gasteiger partial charge >= 0.3 is 0 Å². The van der Waals surface area contributed by atoms with Crippen molar-refractivity contribution in [2.45, 2.75) is 32.2 Å². The van der Waals surface area contributed by atoms with Gasteiger partial charge in [-0.1, -0.05) is 0 Å². The van der Waals surface area contributed by atoms with Crippen molar-refractivity contribution >= 4 is 11.8 Å². The van der Waals surface area contributed by atoms with Crippen molar-refractivity contribution in [2.24, 2.45) is 5.73 Å². The first-order chi connectivity index (χ1) is 8.63. The molecule has 18 heavy (non-hydrogen) atoms. The summed E-state index contributed by atoms with van der Waals surface area (Å²) in [6, 6.07) is 0.355. The fraction of sp³-hybridized carbons (Fsp3) is 0.833. The molecular weight excluding hydrogens is 232 g/mol. The number of nitrogens with one attached hydrogen (secondary N) is 2. The van der Waals surface area contributed by atoms with Crippen LogP contribution in [0.4, 0.5) is 0 Å². The highest BCUT2D eigenvalue weighted by Crippen LogP contribution is 2.11. The van der Waals surface area contributed by atoms with Gasteiger partial charge in [-0.05, 0) is 32.9 Å². The Hall–Kier alpha value is -1.14. The lowest BCUT2D eigenvalue weighted by Crippen LogP contribution is -2.47. The summed E-state index contributed by atoms with van der Waals surface area (Å²) in [7, 11) is 0. The molecule has 0 aromatic heterocycles. The normalized spacial score (nSPS) is 16.8. The van der Waals surface area contributed by atoms with Crippen LogP contribution < -0.4 is 16.4 Å². The van der Waals surface area contributed by atoms with Crippen molar-refractivity contribution in [3.05, 3.63) is 0 Å². The van der Waals surface area contributed by atoms with Crippen molar-refractivity contribution in [1.82, 2.24) is 15.5 Å². The van der Waals surface area contributed by atoms with Crippen LogP contribution in [0, 0.1) is 0 Å². The van der Waals surface area contributed by atoms with E-state index in [-0.39, 0.29) is 18.4 Å². The minimum atomic E-state index is -0.329. The largest absolute Gasteiger partial charge is 0.369 e. The zero-order valence-electron chi connectivity index (χ0n) is 11.1. The van der Waals surface area contributed by atoms with Gasteiger partial charge in [0.1, 0.15) is 0 Å². The van der Waals surface area contributed by atoms with Gasteiger partial charge < -0.3 is 16.4 Å². The number of rotatable bonds is 7. The van der Waals surface area contributed by atoms with Crippen LogP contribution in [-0.2, 0) is 9.59 Å². The van der Waals surface area contributed by atoms with Crippen molar-refractivity contribution in [3.63, 3.8) is 0 Å². The third kappa shape index (κ3) is 5.46. The van der Waals surface area contributed by atoms with E-state index in [1.54, 1.807) is 0 Å². The first-order valence-electron chi connectivity index (χ1n) is 6.63. The Morgan fingerprint density at radius 2 is 2.06 bits per heavy atom. The van der Waals surface area contributed by atoms with Crippen LogP contribution in [0.2, 0.25) is 0 Å². The molecule has 1 heterocycles. The zero-order valence-corrected chi connectivity index (χ0v) is 11.1. The molecule has 0 aromatic carbocycles. The summed E-state index contributed by atoms with van der Waals surface area (Å²) >= 11 is 0. The molecule has 0 atom stereocenters. The molecule has 1 aliphatic rings. The lowest BCUT2D eigenvalue weighted by molar-refractivity contribution is -0.123. The maximum atomic E-state index is 11.4. The number of carbonyl (C=O) groups excluding carboxylic acids is 2. The van der Waals surface area contributed by atoms with E-state index < -0.39 is 0 Å². The van der Waals surface area contributed by atoms with E-state index in [0.717, 1.165) is 25.9 Å². The van der Waals surface area contributed by atoms with Crippen molar-refractivity contribution in [3.8, 4) is 0 Å². The quantitative estimate of drug-likeness (QED) is 0.548. The number of nitrogens with two attached hydrogens (primary N) is 1. The number of hydrogen-bond donors (Lipinski definition) is 3. The summed E-state index contributed by atoms with van der Waals surface area (Å²) in [5.74, 6) is -0.301. The topological polar surface area (TPSA) is 87.5 Å². The first kappa shape index (κ1) is 14.9. The summed E-state index contributed by atoms with van der Waals surface area (Å²) in [5, 5.41) is 6.05. The number of nitrogens with zero attached hydrogens (tertiary/aromatic N) is 1. The molecule has 0 saturated carbocycles. The summed E-state index contributed by atoms with van der Waals surface area (Å²) in [5.41, 5.74) is 5.27. The fourth-order valence-corrected chi connectivity index (χ4v) is 2.29. The third-order valence-electron chi connectivity index (χ3n) is 3.18. The van der Waals surface area contributed by atoms with E-state index in [9.17, 15) is 9.59 Å². The van der Waals surface area contributed by atoms with Gasteiger partial charge in [-0.3, -0.25) is 14.5 Å². The van der Waals surface area contributed by atoms with E-state index >= 15 is 0 Å². The predicted octanol–water partition coefficient (Wildman–Crippen LogP) is -0.948.